The predicted octanol–water partition coefficient (Wildman–Crippen LogP) is 6.05. The lowest BCUT2D eigenvalue weighted by Gasteiger charge is -2.41. The highest BCUT2D eigenvalue weighted by atomic mass is 35.5. The molecule has 1 atom stereocenters. The topological polar surface area (TPSA) is 38.8 Å². The minimum absolute atomic E-state index is 0.0716. The van der Waals surface area contributed by atoms with Gasteiger partial charge in [0, 0.05) is 51.0 Å². The number of halogens is 2. The molecule has 2 aromatic carbocycles. The van der Waals surface area contributed by atoms with E-state index < -0.39 is 0 Å². The third kappa shape index (κ3) is 6.71. The number of piperidine rings is 1. The summed E-state index contributed by atoms with van der Waals surface area (Å²) in [4.78, 5) is 19.8. The standard InChI is InChI=1S/C26H32Cl2N4O.C2H6/c27-24-8-7-22(16-25(24)28)29-26(33)31-12-10-30(11-13-31)17-19-4-3-9-32(18-19)23-14-20-5-1-2-6-21(20)15-23;1-2/h1-2,5-8,16,19,23H,3-4,9-15,17-18H2,(H,29,33);1-2H3/t19-;/m0./s1. The molecule has 5 nitrogen and oxygen atoms in total. The molecule has 7 heteroatoms. The lowest BCUT2D eigenvalue weighted by atomic mass is 9.95. The predicted molar refractivity (Wildman–Crippen MR) is 147 cm³/mol. The largest absolute Gasteiger partial charge is 0.322 e. The number of likely N-dealkylation sites (tertiary alicyclic amines) is 1. The molecule has 2 amide bonds. The van der Waals surface area contributed by atoms with Crippen molar-refractivity contribution in [2.75, 3.05) is 51.1 Å². The van der Waals surface area contributed by atoms with Crippen LogP contribution in [0.25, 0.3) is 0 Å². The number of fused-ring (bicyclic) bond motifs is 1. The summed E-state index contributed by atoms with van der Waals surface area (Å²) < 4.78 is 0. The highest BCUT2D eigenvalue weighted by molar-refractivity contribution is 6.42. The van der Waals surface area contributed by atoms with Crippen molar-refractivity contribution in [3.8, 4) is 0 Å². The number of carbonyl (C=O) groups is 1. The number of urea groups is 1. The molecule has 0 radical (unpaired) electrons. The number of nitrogens with zero attached hydrogens (tertiary/aromatic N) is 3. The third-order valence-electron chi connectivity index (χ3n) is 7.44. The van der Waals surface area contributed by atoms with E-state index in [1.54, 1.807) is 29.3 Å². The van der Waals surface area contributed by atoms with E-state index in [1.807, 2.05) is 18.7 Å². The number of hydrogen-bond acceptors (Lipinski definition) is 3. The van der Waals surface area contributed by atoms with Gasteiger partial charge in [0.1, 0.15) is 0 Å². The van der Waals surface area contributed by atoms with Gasteiger partial charge in [-0.3, -0.25) is 9.80 Å². The van der Waals surface area contributed by atoms with E-state index in [2.05, 4.69) is 39.4 Å². The zero-order valence-corrected chi connectivity index (χ0v) is 22.5. The maximum absolute atomic E-state index is 12.7. The van der Waals surface area contributed by atoms with E-state index in [1.165, 1.54) is 38.8 Å². The highest BCUT2D eigenvalue weighted by Gasteiger charge is 2.31. The molecular weight excluding hydrogens is 479 g/mol. The monoisotopic (exact) mass is 516 g/mol. The summed E-state index contributed by atoms with van der Waals surface area (Å²) in [5, 5.41) is 3.87. The van der Waals surface area contributed by atoms with Crippen LogP contribution in [0.3, 0.4) is 0 Å². The molecular formula is C28H38Cl2N4O. The number of carbonyl (C=O) groups excluding carboxylic acids is 1. The third-order valence-corrected chi connectivity index (χ3v) is 8.18. The Bertz CT molecular complexity index is 968. The summed E-state index contributed by atoms with van der Waals surface area (Å²) in [6, 6.07) is 14.7. The normalized spacial score (nSPS) is 21.3. The summed E-state index contributed by atoms with van der Waals surface area (Å²) in [6.45, 7) is 10.9. The maximum atomic E-state index is 12.7. The Balaban J connectivity index is 0.00000141. The smallest absolute Gasteiger partial charge is 0.321 e. The quantitative estimate of drug-likeness (QED) is 0.537. The molecule has 2 heterocycles. The van der Waals surface area contributed by atoms with Crippen molar-refractivity contribution in [3.63, 3.8) is 0 Å². The Hall–Kier alpha value is -1.79. The summed E-state index contributed by atoms with van der Waals surface area (Å²) in [5.74, 6) is 0.721. The molecule has 5 rings (SSSR count). The highest BCUT2D eigenvalue weighted by Crippen LogP contribution is 2.29. The van der Waals surface area contributed by atoms with Crippen molar-refractivity contribution in [2.24, 2.45) is 5.92 Å². The van der Waals surface area contributed by atoms with Gasteiger partial charge in [-0.2, -0.15) is 0 Å². The van der Waals surface area contributed by atoms with Crippen LogP contribution in [0, 0.1) is 5.92 Å². The molecule has 0 spiro atoms. The second-order valence-electron chi connectivity index (χ2n) is 9.68. The molecule has 1 aliphatic carbocycles. The van der Waals surface area contributed by atoms with Gasteiger partial charge in [0.15, 0.2) is 0 Å². The van der Waals surface area contributed by atoms with Crippen LogP contribution in [-0.4, -0.2) is 72.6 Å². The minimum Gasteiger partial charge on any atom is -0.322 e. The molecule has 0 bridgehead atoms. The summed E-state index contributed by atoms with van der Waals surface area (Å²) >= 11 is 12.0. The second kappa shape index (κ2) is 12.4. The van der Waals surface area contributed by atoms with Crippen LogP contribution in [0.2, 0.25) is 10.0 Å². The number of piperazine rings is 1. The average molecular weight is 518 g/mol. The molecule has 0 saturated carbocycles. The summed E-state index contributed by atoms with van der Waals surface area (Å²) in [5.41, 5.74) is 3.76. The Morgan fingerprint density at radius 2 is 1.63 bits per heavy atom. The number of hydrogen-bond donors (Lipinski definition) is 1. The molecule has 3 aliphatic rings. The fourth-order valence-electron chi connectivity index (χ4n) is 5.65. The lowest BCUT2D eigenvalue weighted by molar-refractivity contribution is 0.0830. The van der Waals surface area contributed by atoms with Gasteiger partial charge in [-0.05, 0) is 67.5 Å². The van der Waals surface area contributed by atoms with Gasteiger partial charge in [-0.1, -0.05) is 61.3 Å². The van der Waals surface area contributed by atoms with Crippen molar-refractivity contribution in [1.29, 1.82) is 0 Å². The first-order chi connectivity index (χ1) is 17.0. The van der Waals surface area contributed by atoms with Crippen LogP contribution in [-0.2, 0) is 12.8 Å². The fraction of sp³-hybridized carbons (Fsp3) is 0.536. The second-order valence-corrected chi connectivity index (χ2v) is 10.5. The van der Waals surface area contributed by atoms with Gasteiger partial charge in [0.05, 0.1) is 10.0 Å². The Morgan fingerprint density at radius 1 is 0.943 bits per heavy atom. The minimum atomic E-state index is -0.0716. The zero-order chi connectivity index (χ0) is 24.8. The maximum Gasteiger partial charge on any atom is 0.321 e. The summed E-state index contributed by atoms with van der Waals surface area (Å²) in [6.07, 6.45) is 5.02. The molecule has 35 heavy (non-hydrogen) atoms. The van der Waals surface area contributed by atoms with Crippen molar-refractivity contribution in [2.45, 2.75) is 45.6 Å². The van der Waals surface area contributed by atoms with E-state index >= 15 is 0 Å². The Kier molecular flexibility index (Phi) is 9.34. The molecule has 190 valence electrons. The molecule has 2 aliphatic heterocycles. The molecule has 0 unspecified atom stereocenters. The molecule has 0 aromatic heterocycles. The van der Waals surface area contributed by atoms with Gasteiger partial charge < -0.3 is 10.2 Å². The van der Waals surface area contributed by atoms with Crippen LogP contribution in [0.5, 0.6) is 0 Å². The van der Waals surface area contributed by atoms with Crippen LogP contribution < -0.4 is 5.32 Å². The van der Waals surface area contributed by atoms with Gasteiger partial charge in [-0.25, -0.2) is 4.79 Å². The molecule has 1 N–H and O–H groups in total. The van der Waals surface area contributed by atoms with Gasteiger partial charge in [0.25, 0.3) is 0 Å². The summed E-state index contributed by atoms with van der Waals surface area (Å²) in [7, 11) is 0. The van der Waals surface area contributed by atoms with Crippen LogP contribution >= 0.6 is 23.2 Å². The van der Waals surface area contributed by atoms with Crippen molar-refractivity contribution in [1.82, 2.24) is 14.7 Å². The molecule has 2 saturated heterocycles. The number of nitrogens with one attached hydrogen (secondary N) is 1. The number of benzene rings is 2. The van der Waals surface area contributed by atoms with Gasteiger partial charge >= 0.3 is 6.03 Å². The van der Waals surface area contributed by atoms with Crippen LogP contribution in [0.4, 0.5) is 10.5 Å². The van der Waals surface area contributed by atoms with Crippen molar-refractivity contribution >= 4 is 34.9 Å². The Morgan fingerprint density at radius 3 is 2.29 bits per heavy atom. The number of anilines is 1. The lowest BCUT2D eigenvalue weighted by Crippen LogP contribution is -2.52. The average Bonchev–Trinajstić information content (AvgIpc) is 3.33. The number of rotatable bonds is 4. The van der Waals surface area contributed by atoms with Gasteiger partial charge in [0.2, 0.25) is 0 Å². The first-order valence-electron chi connectivity index (χ1n) is 13.1. The van der Waals surface area contributed by atoms with Crippen molar-refractivity contribution < 1.29 is 4.79 Å². The first kappa shape index (κ1) is 26.3. The molecule has 2 aromatic rings. The number of amides is 2. The van der Waals surface area contributed by atoms with E-state index in [4.69, 9.17) is 23.2 Å². The van der Waals surface area contributed by atoms with Crippen LogP contribution in [0.15, 0.2) is 42.5 Å². The fourth-order valence-corrected chi connectivity index (χ4v) is 5.94. The van der Waals surface area contributed by atoms with E-state index in [0.717, 1.165) is 38.6 Å². The van der Waals surface area contributed by atoms with Gasteiger partial charge in [-0.15, -0.1) is 0 Å². The van der Waals surface area contributed by atoms with E-state index in [-0.39, 0.29) is 6.03 Å². The molecule has 2 fully saturated rings. The van der Waals surface area contributed by atoms with Crippen molar-refractivity contribution in [3.05, 3.63) is 63.6 Å². The zero-order valence-electron chi connectivity index (χ0n) is 21.0. The Labute approximate surface area is 220 Å². The van der Waals surface area contributed by atoms with Crippen LogP contribution in [0.1, 0.15) is 37.8 Å². The SMILES string of the molecule is CC.O=C(Nc1ccc(Cl)c(Cl)c1)N1CCN(C[C@@H]2CCCN(C3Cc4ccccc4C3)C2)CC1. The van der Waals surface area contributed by atoms with E-state index in [0.29, 0.717) is 21.8 Å². The first-order valence-corrected chi connectivity index (χ1v) is 13.8. The van der Waals surface area contributed by atoms with E-state index in [9.17, 15) is 4.79 Å².